The first kappa shape index (κ1) is 16.4. The van der Waals surface area contributed by atoms with E-state index in [0.717, 1.165) is 12.8 Å². The van der Waals surface area contributed by atoms with Crippen LogP contribution in [-0.4, -0.2) is 18.1 Å². The highest BCUT2D eigenvalue weighted by Crippen LogP contribution is 2.10. The third kappa shape index (κ3) is 9.16. The summed E-state index contributed by atoms with van der Waals surface area (Å²) in [5.41, 5.74) is 5.77. The molecule has 0 spiro atoms. The standard InChI is InChI=1S/C14H29NO2/c1-5-6-7-8-9-12(4)17-14(16)13(15)10-11(2)3/h11-13H,5-10,15H2,1-4H3/t12?,13-/m0/s1. The number of ether oxygens (including phenoxy) is 1. The molecule has 17 heavy (non-hydrogen) atoms. The Labute approximate surface area is 106 Å². The molecule has 102 valence electrons. The molecular weight excluding hydrogens is 214 g/mol. The molecule has 0 amide bonds. The van der Waals surface area contributed by atoms with Crippen molar-refractivity contribution in [2.45, 2.75) is 78.4 Å². The molecule has 0 aliphatic carbocycles. The number of nitrogens with two attached hydrogens (primary N) is 1. The van der Waals surface area contributed by atoms with Gasteiger partial charge in [-0.3, -0.25) is 4.79 Å². The van der Waals surface area contributed by atoms with Crippen LogP contribution in [0.3, 0.4) is 0 Å². The van der Waals surface area contributed by atoms with Crippen molar-refractivity contribution in [1.82, 2.24) is 0 Å². The van der Waals surface area contributed by atoms with Crippen LogP contribution in [0.4, 0.5) is 0 Å². The summed E-state index contributed by atoms with van der Waals surface area (Å²) >= 11 is 0. The minimum absolute atomic E-state index is 0.00225. The van der Waals surface area contributed by atoms with Gasteiger partial charge in [-0.05, 0) is 32.1 Å². The van der Waals surface area contributed by atoms with Gasteiger partial charge in [-0.1, -0.05) is 40.0 Å². The number of hydrogen-bond donors (Lipinski definition) is 1. The third-order valence-electron chi connectivity index (χ3n) is 2.81. The summed E-state index contributed by atoms with van der Waals surface area (Å²) in [6.45, 7) is 8.25. The molecule has 0 aromatic rings. The number of carbonyl (C=O) groups excluding carboxylic acids is 1. The minimum Gasteiger partial charge on any atom is -0.462 e. The lowest BCUT2D eigenvalue weighted by Gasteiger charge is -2.17. The van der Waals surface area contributed by atoms with E-state index in [-0.39, 0.29) is 12.1 Å². The normalized spacial score (nSPS) is 14.7. The summed E-state index contributed by atoms with van der Waals surface area (Å²) in [4.78, 5) is 11.6. The fourth-order valence-electron chi connectivity index (χ4n) is 1.81. The monoisotopic (exact) mass is 243 g/mol. The zero-order valence-corrected chi connectivity index (χ0v) is 11.9. The summed E-state index contributed by atoms with van der Waals surface area (Å²) in [6, 6.07) is -0.465. The van der Waals surface area contributed by atoms with Crippen molar-refractivity contribution >= 4 is 5.97 Å². The molecule has 0 aliphatic rings. The Morgan fingerprint density at radius 1 is 1.18 bits per heavy atom. The molecule has 0 radical (unpaired) electrons. The zero-order chi connectivity index (χ0) is 13.3. The Kier molecular flexibility index (Phi) is 9.14. The van der Waals surface area contributed by atoms with Crippen LogP contribution in [0.1, 0.15) is 66.2 Å². The van der Waals surface area contributed by atoms with Crippen molar-refractivity contribution in [2.24, 2.45) is 11.7 Å². The molecule has 0 fully saturated rings. The van der Waals surface area contributed by atoms with Crippen LogP contribution in [0.2, 0.25) is 0 Å². The lowest BCUT2D eigenvalue weighted by molar-refractivity contribution is -0.150. The van der Waals surface area contributed by atoms with Gasteiger partial charge in [-0.15, -0.1) is 0 Å². The molecule has 3 heteroatoms. The quantitative estimate of drug-likeness (QED) is 0.499. The van der Waals surface area contributed by atoms with Gasteiger partial charge < -0.3 is 10.5 Å². The molecule has 0 bridgehead atoms. The van der Waals surface area contributed by atoms with Crippen LogP contribution < -0.4 is 5.73 Å². The van der Waals surface area contributed by atoms with E-state index in [1.165, 1.54) is 19.3 Å². The van der Waals surface area contributed by atoms with E-state index in [9.17, 15) is 4.79 Å². The number of rotatable bonds is 9. The fraction of sp³-hybridized carbons (Fsp3) is 0.929. The minimum atomic E-state index is -0.465. The maximum atomic E-state index is 11.6. The van der Waals surface area contributed by atoms with Gasteiger partial charge in [0.2, 0.25) is 0 Å². The molecule has 0 aromatic carbocycles. The maximum Gasteiger partial charge on any atom is 0.323 e. The molecule has 1 unspecified atom stereocenters. The fourth-order valence-corrected chi connectivity index (χ4v) is 1.81. The zero-order valence-electron chi connectivity index (χ0n) is 11.9. The van der Waals surface area contributed by atoms with Crippen molar-refractivity contribution in [2.75, 3.05) is 0 Å². The van der Waals surface area contributed by atoms with Crippen molar-refractivity contribution in [1.29, 1.82) is 0 Å². The second kappa shape index (κ2) is 9.46. The van der Waals surface area contributed by atoms with Gasteiger partial charge in [0.05, 0.1) is 6.10 Å². The molecular formula is C14H29NO2. The van der Waals surface area contributed by atoms with E-state index < -0.39 is 6.04 Å². The van der Waals surface area contributed by atoms with E-state index in [4.69, 9.17) is 10.5 Å². The predicted molar refractivity (Wildman–Crippen MR) is 71.7 cm³/mol. The van der Waals surface area contributed by atoms with Crippen LogP contribution in [0.15, 0.2) is 0 Å². The SMILES string of the molecule is CCCCCCC(C)OC(=O)[C@@H](N)CC(C)C. The third-order valence-corrected chi connectivity index (χ3v) is 2.81. The predicted octanol–water partition coefficient (Wildman–Crippen LogP) is 3.26. The van der Waals surface area contributed by atoms with Crippen molar-refractivity contribution in [3.63, 3.8) is 0 Å². The summed E-state index contributed by atoms with van der Waals surface area (Å²) < 4.78 is 5.33. The molecule has 2 atom stereocenters. The Bertz CT molecular complexity index is 204. The molecule has 0 saturated carbocycles. The Balaban J connectivity index is 3.71. The lowest BCUT2D eigenvalue weighted by atomic mass is 10.0. The van der Waals surface area contributed by atoms with Gasteiger partial charge in [0.15, 0.2) is 0 Å². The van der Waals surface area contributed by atoms with Gasteiger partial charge in [0.25, 0.3) is 0 Å². The molecule has 0 heterocycles. The maximum absolute atomic E-state index is 11.6. The average molecular weight is 243 g/mol. The van der Waals surface area contributed by atoms with Gasteiger partial charge >= 0.3 is 5.97 Å². The van der Waals surface area contributed by atoms with Gasteiger partial charge in [-0.2, -0.15) is 0 Å². The second-order valence-corrected chi connectivity index (χ2v) is 5.33. The number of hydrogen-bond acceptors (Lipinski definition) is 3. The lowest BCUT2D eigenvalue weighted by Crippen LogP contribution is -2.35. The topological polar surface area (TPSA) is 52.3 Å². The Morgan fingerprint density at radius 3 is 2.35 bits per heavy atom. The average Bonchev–Trinajstić information content (AvgIpc) is 2.23. The highest BCUT2D eigenvalue weighted by molar-refractivity contribution is 5.75. The van der Waals surface area contributed by atoms with Gasteiger partial charge in [-0.25, -0.2) is 0 Å². The summed E-state index contributed by atoms with van der Waals surface area (Å²) in [5, 5.41) is 0. The van der Waals surface area contributed by atoms with E-state index in [2.05, 4.69) is 20.8 Å². The van der Waals surface area contributed by atoms with Gasteiger partial charge in [0, 0.05) is 0 Å². The first-order chi connectivity index (χ1) is 7.97. The van der Waals surface area contributed by atoms with Crippen molar-refractivity contribution in [3.8, 4) is 0 Å². The Morgan fingerprint density at radius 2 is 1.82 bits per heavy atom. The van der Waals surface area contributed by atoms with Gasteiger partial charge in [0.1, 0.15) is 6.04 Å². The second-order valence-electron chi connectivity index (χ2n) is 5.33. The van der Waals surface area contributed by atoms with Crippen molar-refractivity contribution in [3.05, 3.63) is 0 Å². The van der Waals surface area contributed by atoms with E-state index in [1.807, 2.05) is 6.92 Å². The first-order valence-electron chi connectivity index (χ1n) is 6.93. The van der Waals surface area contributed by atoms with E-state index in [1.54, 1.807) is 0 Å². The molecule has 0 aliphatic heterocycles. The number of esters is 1. The summed E-state index contributed by atoms with van der Waals surface area (Å²) in [6.07, 6.45) is 6.47. The largest absolute Gasteiger partial charge is 0.462 e. The molecule has 3 nitrogen and oxygen atoms in total. The van der Waals surface area contributed by atoms with Crippen LogP contribution in [-0.2, 0) is 9.53 Å². The van der Waals surface area contributed by atoms with Crippen LogP contribution >= 0.6 is 0 Å². The molecule has 0 aromatic heterocycles. The van der Waals surface area contributed by atoms with Crippen LogP contribution in [0.5, 0.6) is 0 Å². The van der Waals surface area contributed by atoms with Crippen LogP contribution in [0, 0.1) is 5.92 Å². The Hall–Kier alpha value is -0.570. The highest BCUT2D eigenvalue weighted by atomic mass is 16.5. The molecule has 0 saturated heterocycles. The number of carbonyl (C=O) groups is 1. The van der Waals surface area contributed by atoms with Crippen molar-refractivity contribution < 1.29 is 9.53 Å². The smallest absolute Gasteiger partial charge is 0.323 e. The summed E-state index contributed by atoms with van der Waals surface area (Å²) in [7, 11) is 0. The van der Waals surface area contributed by atoms with Crippen LogP contribution in [0.25, 0.3) is 0 Å². The molecule has 2 N–H and O–H groups in total. The summed E-state index contributed by atoms with van der Waals surface area (Å²) in [5.74, 6) is 0.180. The van der Waals surface area contributed by atoms with E-state index in [0.29, 0.717) is 12.3 Å². The van der Waals surface area contributed by atoms with E-state index >= 15 is 0 Å². The highest BCUT2D eigenvalue weighted by Gasteiger charge is 2.18. The number of unbranched alkanes of at least 4 members (excludes halogenated alkanes) is 3. The first-order valence-corrected chi connectivity index (χ1v) is 6.93. The molecule has 0 rings (SSSR count).